The third-order valence-electron chi connectivity index (χ3n) is 6.50. The summed E-state index contributed by atoms with van der Waals surface area (Å²) in [6.45, 7) is 11.1. The molecule has 0 spiro atoms. The van der Waals surface area contributed by atoms with Gasteiger partial charge in [-0.15, -0.1) is 0 Å². The molecule has 0 atom stereocenters. The van der Waals surface area contributed by atoms with Crippen LogP contribution in [0.1, 0.15) is 69.2 Å². The normalized spacial score (nSPS) is 17.1. The fourth-order valence-corrected chi connectivity index (χ4v) is 4.39. The van der Waals surface area contributed by atoms with Gasteiger partial charge in [-0.2, -0.15) is 0 Å². The molecular formula is C31H40O4. The van der Waals surface area contributed by atoms with Gasteiger partial charge in [-0.25, -0.2) is 9.59 Å². The summed E-state index contributed by atoms with van der Waals surface area (Å²) < 4.78 is 10.4. The summed E-state index contributed by atoms with van der Waals surface area (Å²) in [7, 11) is 0. The first-order valence-electron chi connectivity index (χ1n) is 12.1. The Balaban J connectivity index is 0.00000432. The number of rotatable bonds is 10. The van der Waals surface area contributed by atoms with Gasteiger partial charge in [-0.05, 0) is 86.5 Å². The van der Waals surface area contributed by atoms with E-state index in [0.29, 0.717) is 11.1 Å². The summed E-state index contributed by atoms with van der Waals surface area (Å²) >= 11 is 0. The van der Waals surface area contributed by atoms with E-state index in [1.165, 1.54) is 36.8 Å². The number of hydrogen-bond acceptors (Lipinski definition) is 4. The lowest BCUT2D eigenvalue weighted by Crippen LogP contribution is -2.18. The van der Waals surface area contributed by atoms with Gasteiger partial charge in [0.2, 0.25) is 0 Å². The summed E-state index contributed by atoms with van der Waals surface area (Å²) in [5.41, 5.74) is 5.54. The fourth-order valence-electron chi connectivity index (χ4n) is 4.39. The van der Waals surface area contributed by atoms with Gasteiger partial charge in [0, 0.05) is 11.1 Å². The Kier molecular flexibility index (Phi) is 11.0. The van der Waals surface area contributed by atoms with Crippen LogP contribution in [0.4, 0.5) is 0 Å². The predicted octanol–water partition coefficient (Wildman–Crippen LogP) is 7.15. The number of hydrogen-bond donors (Lipinski definition) is 0. The quantitative estimate of drug-likeness (QED) is 0.270. The van der Waals surface area contributed by atoms with Crippen molar-refractivity contribution in [1.82, 2.24) is 0 Å². The molecule has 35 heavy (non-hydrogen) atoms. The van der Waals surface area contributed by atoms with Crippen LogP contribution < -0.4 is 0 Å². The van der Waals surface area contributed by atoms with Gasteiger partial charge in [-0.3, -0.25) is 0 Å². The van der Waals surface area contributed by atoms with E-state index in [1.54, 1.807) is 13.8 Å². The first-order valence-corrected chi connectivity index (χ1v) is 12.1. The van der Waals surface area contributed by atoms with Crippen molar-refractivity contribution in [1.29, 1.82) is 0 Å². The zero-order valence-corrected chi connectivity index (χ0v) is 20.5. The average molecular weight is 477 g/mol. The Labute approximate surface area is 211 Å². The average Bonchev–Trinajstić information content (AvgIpc) is 2.83. The van der Waals surface area contributed by atoms with Crippen molar-refractivity contribution in [2.24, 2.45) is 11.8 Å². The van der Waals surface area contributed by atoms with Crippen molar-refractivity contribution < 1.29 is 19.1 Å². The minimum absolute atomic E-state index is 0. The molecule has 0 aromatic heterocycles. The molecule has 1 aliphatic carbocycles. The van der Waals surface area contributed by atoms with Crippen molar-refractivity contribution in [2.75, 3.05) is 0 Å². The van der Waals surface area contributed by atoms with Crippen LogP contribution in [-0.2, 0) is 45.1 Å². The SMILES string of the molecule is C.C=C(C)C(=O)OCc1ccc(CC2CCC(Cc3ccc(COC(=O)C(=C)C)cc3)CC2)cc1. The van der Waals surface area contributed by atoms with E-state index >= 15 is 0 Å². The van der Waals surface area contributed by atoms with Gasteiger partial charge >= 0.3 is 11.9 Å². The molecule has 4 heteroatoms. The summed E-state index contributed by atoms with van der Waals surface area (Å²) in [4.78, 5) is 23.1. The number of benzene rings is 2. The molecule has 1 fully saturated rings. The smallest absolute Gasteiger partial charge is 0.333 e. The zero-order valence-electron chi connectivity index (χ0n) is 20.5. The van der Waals surface area contributed by atoms with Crippen LogP contribution in [0, 0.1) is 11.8 Å². The monoisotopic (exact) mass is 476 g/mol. The van der Waals surface area contributed by atoms with Crippen molar-refractivity contribution in [3.05, 3.63) is 95.1 Å². The van der Waals surface area contributed by atoms with E-state index in [2.05, 4.69) is 61.7 Å². The second-order valence-electron chi connectivity index (χ2n) is 9.64. The van der Waals surface area contributed by atoms with Crippen molar-refractivity contribution in [2.45, 2.75) is 73.0 Å². The van der Waals surface area contributed by atoms with Crippen molar-refractivity contribution >= 4 is 11.9 Å². The number of carbonyl (C=O) groups excluding carboxylic acids is 2. The molecule has 0 amide bonds. The van der Waals surface area contributed by atoms with Crippen LogP contribution in [0.3, 0.4) is 0 Å². The highest BCUT2D eigenvalue weighted by Gasteiger charge is 2.21. The lowest BCUT2D eigenvalue weighted by atomic mass is 9.77. The third kappa shape index (κ3) is 9.20. The summed E-state index contributed by atoms with van der Waals surface area (Å²) in [5, 5.41) is 0. The van der Waals surface area contributed by atoms with E-state index < -0.39 is 0 Å². The fraction of sp³-hybridized carbons (Fsp3) is 0.419. The molecule has 0 N–H and O–H groups in total. The van der Waals surface area contributed by atoms with Gasteiger partial charge in [0.05, 0.1) is 0 Å². The maximum absolute atomic E-state index is 11.5. The van der Waals surface area contributed by atoms with Crippen molar-refractivity contribution in [3.8, 4) is 0 Å². The number of carbonyl (C=O) groups is 2. The van der Waals surface area contributed by atoms with E-state index in [9.17, 15) is 9.59 Å². The van der Waals surface area contributed by atoms with E-state index in [1.807, 2.05) is 0 Å². The molecule has 1 saturated carbocycles. The Hall–Kier alpha value is -3.14. The van der Waals surface area contributed by atoms with Gasteiger partial charge in [0.1, 0.15) is 13.2 Å². The molecular weight excluding hydrogens is 436 g/mol. The van der Waals surface area contributed by atoms with Gasteiger partial charge < -0.3 is 9.47 Å². The van der Waals surface area contributed by atoms with E-state index in [-0.39, 0.29) is 32.6 Å². The molecule has 0 radical (unpaired) electrons. The first kappa shape index (κ1) is 28.1. The highest BCUT2D eigenvalue weighted by atomic mass is 16.5. The maximum atomic E-state index is 11.5. The van der Waals surface area contributed by atoms with Crippen LogP contribution in [0.5, 0.6) is 0 Å². The van der Waals surface area contributed by atoms with E-state index in [0.717, 1.165) is 35.8 Å². The topological polar surface area (TPSA) is 52.6 Å². The van der Waals surface area contributed by atoms with E-state index in [4.69, 9.17) is 9.47 Å². The molecule has 0 saturated heterocycles. The Morgan fingerprint density at radius 1 is 0.657 bits per heavy atom. The molecule has 0 unspecified atom stereocenters. The maximum Gasteiger partial charge on any atom is 0.333 e. The number of ether oxygens (including phenoxy) is 2. The van der Waals surface area contributed by atoms with Crippen LogP contribution >= 0.6 is 0 Å². The molecule has 188 valence electrons. The molecule has 2 aromatic carbocycles. The highest BCUT2D eigenvalue weighted by Crippen LogP contribution is 2.33. The lowest BCUT2D eigenvalue weighted by Gasteiger charge is -2.28. The Morgan fingerprint density at radius 2 is 0.943 bits per heavy atom. The predicted molar refractivity (Wildman–Crippen MR) is 142 cm³/mol. The molecule has 2 aromatic rings. The summed E-state index contributed by atoms with van der Waals surface area (Å²) in [5.74, 6) is 0.768. The molecule has 1 aliphatic rings. The lowest BCUT2D eigenvalue weighted by molar-refractivity contribution is -0.141. The molecule has 3 rings (SSSR count). The highest BCUT2D eigenvalue weighted by molar-refractivity contribution is 5.87. The van der Waals surface area contributed by atoms with Gasteiger partial charge in [0.25, 0.3) is 0 Å². The standard InChI is InChI=1S/C30H36O4.CH4/c1-21(2)29(31)33-19-27-13-9-25(10-14-27)17-23-5-7-24(8-6-23)18-26-11-15-28(16-12-26)20-34-30(32)22(3)4;/h9-16,23-24H,1,3,5-8,17-20H2,2,4H3;1H4. The summed E-state index contributed by atoms with van der Waals surface area (Å²) in [6.07, 6.45) is 7.26. The third-order valence-corrected chi connectivity index (χ3v) is 6.50. The Morgan fingerprint density at radius 3 is 1.23 bits per heavy atom. The van der Waals surface area contributed by atoms with Crippen LogP contribution in [0.15, 0.2) is 72.8 Å². The van der Waals surface area contributed by atoms with Gasteiger partial charge in [0.15, 0.2) is 0 Å². The van der Waals surface area contributed by atoms with Crippen LogP contribution in [-0.4, -0.2) is 11.9 Å². The summed E-state index contributed by atoms with van der Waals surface area (Å²) in [6, 6.07) is 16.8. The minimum atomic E-state index is -0.346. The second-order valence-corrected chi connectivity index (χ2v) is 9.64. The Bertz CT molecular complexity index is 910. The van der Waals surface area contributed by atoms with Crippen LogP contribution in [0.2, 0.25) is 0 Å². The van der Waals surface area contributed by atoms with Crippen LogP contribution in [0.25, 0.3) is 0 Å². The molecule has 0 heterocycles. The minimum Gasteiger partial charge on any atom is -0.457 e. The molecule has 4 nitrogen and oxygen atoms in total. The molecule has 0 bridgehead atoms. The largest absolute Gasteiger partial charge is 0.457 e. The first-order chi connectivity index (χ1) is 16.3. The van der Waals surface area contributed by atoms with Crippen molar-refractivity contribution in [3.63, 3.8) is 0 Å². The number of esters is 2. The van der Waals surface area contributed by atoms with Gasteiger partial charge in [-0.1, -0.05) is 69.1 Å². The molecule has 0 aliphatic heterocycles. The zero-order chi connectivity index (χ0) is 24.5. The second kappa shape index (κ2) is 13.7.